The van der Waals surface area contributed by atoms with Gasteiger partial charge in [0.15, 0.2) is 18.4 Å². The summed E-state index contributed by atoms with van der Waals surface area (Å²) in [5, 5.41) is 85.4. The van der Waals surface area contributed by atoms with Crippen molar-refractivity contribution in [3.8, 4) is 0 Å². The monoisotopic (exact) mass is 728 g/mol. The highest BCUT2D eigenvalue weighted by Gasteiger charge is 2.56. The summed E-state index contributed by atoms with van der Waals surface area (Å²) in [4.78, 5) is 30.9. The lowest BCUT2D eigenvalue weighted by Gasteiger charge is -2.46. The van der Waals surface area contributed by atoms with Crippen molar-refractivity contribution in [2.24, 2.45) is 34.4 Å². The topological polar surface area (TPSA) is 291 Å². The van der Waals surface area contributed by atoms with Gasteiger partial charge in [-0.15, -0.1) is 6.58 Å². The fraction of sp³-hybridized carbons (Fsp3) is 0.727. The molecule has 0 radical (unpaired) electrons. The van der Waals surface area contributed by atoms with E-state index >= 15 is 0 Å². The number of hydrogen-bond donors (Lipinski definition) is 10. The van der Waals surface area contributed by atoms with Crippen molar-refractivity contribution in [3.05, 3.63) is 36.6 Å². The van der Waals surface area contributed by atoms with Gasteiger partial charge in [0.1, 0.15) is 24.9 Å². The van der Waals surface area contributed by atoms with Crippen molar-refractivity contribution in [1.29, 1.82) is 0 Å². The Balaban J connectivity index is 1.68. The molecular formula is C33H52N4O14. The van der Waals surface area contributed by atoms with E-state index in [1.807, 2.05) is 0 Å². The number of likely N-dealkylation sites (tertiary alicyclic amines) is 1. The standard InChI is InChI=1S/C33H52N4O14/c1-2-20-21(9-8-18-14-37(11-13-39)15-22(28(43)44)25(18)36-32(34)35-10-5-12-38)23(29(45)49-19-6-3-4-7-19)17-48-30(20)51-31-27(42)33(46,47)26(41)24(16-40)50-31/h2,8-9,17-22,24-27,30-31,38-42,46-47H,1,3-7,10-16H2,(H,43,44)(H3,34,35,36). The number of guanidine groups is 1. The third kappa shape index (κ3) is 9.83. The lowest BCUT2D eigenvalue weighted by atomic mass is 9.79. The van der Waals surface area contributed by atoms with Crippen LogP contribution in [0.2, 0.25) is 0 Å². The van der Waals surface area contributed by atoms with Gasteiger partial charge in [0, 0.05) is 25.0 Å². The molecule has 1 saturated carbocycles. The van der Waals surface area contributed by atoms with Crippen LogP contribution in [0.1, 0.15) is 32.1 Å². The number of ether oxygens (including phenoxy) is 4. The Morgan fingerprint density at radius 3 is 2.47 bits per heavy atom. The fourth-order valence-corrected chi connectivity index (χ4v) is 7.08. The van der Waals surface area contributed by atoms with Crippen LogP contribution in [0, 0.1) is 23.7 Å². The molecule has 0 bridgehead atoms. The number of nitrogens with zero attached hydrogens (tertiary/aromatic N) is 1. The summed E-state index contributed by atoms with van der Waals surface area (Å²) in [6, 6.07) is -0.826. The molecule has 11 N–H and O–H groups in total. The van der Waals surface area contributed by atoms with Crippen molar-refractivity contribution in [1.82, 2.24) is 5.32 Å². The Hall–Kier alpha value is -3.17. The molecule has 2 saturated heterocycles. The smallest absolute Gasteiger partial charge is 0.338 e. The molecule has 0 spiro atoms. The van der Waals surface area contributed by atoms with Crippen molar-refractivity contribution < 1.29 is 74.3 Å². The van der Waals surface area contributed by atoms with Gasteiger partial charge in [-0.2, -0.15) is 0 Å². The summed E-state index contributed by atoms with van der Waals surface area (Å²) in [5.74, 6) is -8.60. The first-order chi connectivity index (χ1) is 24.4. The number of piperidine rings is 1. The maximum Gasteiger partial charge on any atom is 0.338 e. The Morgan fingerprint density at radius 2 is 1.84 bits per heavy atom. The summed E-state index contributed by atoms with van der Waals surface area (Å²) in [5.41, 5.74) is 6.19. The second-order valence-electron chi connectivity index (χ2n) is 13.4. The number of esters is 1. The van der Waals surface area contributed by atoms with Gasteiger partial charge in [-0.05, 0) is 32.1 Å². The number of aliphatic hydroxyl groups is 7. The van der Waals surface area contributed by atoms with Gasteiger partial charge in [0.05, 0.1) is 62.0 Å². The number of carbonyl (C=O) groups is 2. The third-order valence-electron chi connectivity index (χ3n) is 9.91. The summed E-state index contributed by atoms with van der Waals surface area (Å²) in [6.45, 7) is 3.67. The van der Waals surface area contributed by atoms with E-state index < -0.39 is 84.9 Å². The van der Waals surface area contributed by atoms with E-state index in [0.29, 0.717) is 25.8 Å². The minimum Gasteiger partial charge on any atom is -0.550 e. The number of allylic oxidation sites excluding steroid dienone is 1. The SMILES string of the molecule is C=CC1C(OC2OC(CO)C(O)C(O)(O)C2O)OC=C(C(=O)OC2CCCC2)C1C=CC1C[NH+](CCO)CC(C(=O)[O-])C1NC(N)=NCCCO. The third-order valence-corrected chi connectivity index (χ3v) is 9.91. The van der Waals surface area contributed by atoms with Crippen molar-refractivity contribution in [2.45, 2.75) is 80.9 Å². The minimum atomic E-state index is -3.12. The van der Waals surface area contributed by atoms with Gasteiger partial charge in [0.2, 0.25) is 12.1 Å². The first-order valence-corrected chi connectivity index (χ1v) is 17.3. The molecule has 3 aliphatic heterocycles. The van der Waals surface area contributed by atoms with Crippen LogP contribution in [0.15, 0.2) is 41.6 Å². The zero-order chi connectivity index (χ0) is 37.3. The van der Waals surface area contributed by atoms with Crippen LogP contribution in [0.4, 0.5) is 0 Å². The van der Waals surface area contributed by atoms with Crippen LogP contribution in [-0.2, 0) is 28.5 Å². The average Bonchev–Trinajstić information content (AvgIpc) is 3.61. The first-order valence-electron chi connectivity index (χ1n) is 17.3. The molecule has 4 aliphatic rings. The molecule has 1 aliphatic carbocycles. The van der Waals surface area contributed by atoms with E-state index in [4.69, 9.17) is 29.8 Å². The normalized spacial score (nSPS) is 35.9. The Morgan fingerprint density at radius 1 is 1.12 bits per heavy atom. The number of carbonyl (C=O) groups excluding carboxylic acids is 2. The molecule has 0 aromatic heterocycles. The molecule has 51 heavy (non-hydrogen) atoms. The molecule has 0 aromatic carbocycles. The number of nitrogens with one attached hydrogen (secondary N) is 2. The highest BCUT2D eigenvalue weighted by molar-refractivity contribution is 5.89. The molecule has 3 fully saturated rings. The van der Waals surface area contributed by atoms with E-state index in [1.165, 1.54) is 6.08 Å². The highest BCUT2D eigenvalue weighted by atomic mass is 16.8. The van der Waals surface area contributed by atoms with E-state index in [-0.39, 0.29) is 50.5 Å². The van der Waals surface area contributed by atoms with Crippen LogP contribution < -0.4 is 21.1 Å². The van der Waals surface area contributed by atoms with Crippen LogP contribution in [0.5, 0.6) is 0 Å². The fourth-order valence-electron chi connectivity index (χ4n) is 7.08. The van der Waals surface area contributed by atoms with Gasteiger partial charge in [-0.1, -0.05) is 18.2 Å². The maximum atomic E-state index is 13.6. The van der Waals surface area contributed by atoms with Gasteiger partial charge < -0.3 is 80.5 Å². The molecule has 11 unspecified atom stereocenters. The molecule has 18 nitrogen and oxygen atoms in total. The molecular weight excluding hydrogens is 676 g/mol. The number of aliphatic carboxylic acids is 1. The zero-order valence-corrected chi connectivity index (χ0v) is 28.4. The summed E-state index contributed by atoms with van der Waals surface area (Å²) in [6.07, 6.45) is 0.143. The molecule has 288 valence electrons. The van der Waals surface area contributed by atoms with Crippen LogP contribution in [0.25, 0.3) is 0 Å². The zero-order valence-electron chi connectivity index (χ0n) is 28.4. The van der Waals surface area contributed by atoms with Gasteiger partial charge in [-0.25, -0.2) is 4.79 Å². The van der Waals surface area contributed by atoms with Crippen molar-refractivity contribution >= 4 is 17.9 Å². The van der Waals surface area contributed by atoms with Gasteiger partial charge in [-0.3, -0.25) is 4.99 Å². The van der Waals surface area contributed by atoms with Crippen LogP contribution in [0.3, 0.4) is 0 Å². The van der Waals surface area contributed by atoms with E-state index in [9.17, 15) is 45.3 Å². The summed E-state index contributed by atoms with van der Waals surface area (Å²) < 4.78 is 22.9. The molecule has 18 heteroatoms. The lowest BCUT2D eigenvalue weighted by Crippen LogP contribution is -3.16. The summed E-state index contributed by atoms with van der Waals surface area (Å²) >= 11 is 0. The summed E-state index contributed by atoms with van der Waals surface area (Å²) in [7, 11) is 0. The Labute approximate surface area is 295 Å². The van der Waals surface area contributed by atoms with E-state index in [2.05, 4.69) is 16.9 Å². The molecule has 4 rings (SSSR count). The molecule has 0 aromatic rings. The van der Waals surface area contributed by atoms with E-state index in [1.54, 1.807) is 12.2 Å². The lowest BCUT2D eigenvalue weighted by molar-refractivity contribution is -0.911. The van der Waals surface area contributed by atoms with E-state index in [0.717, 1.165) is 24.0 Å². The average molecular weight is 729 g/mol. The minimum absolute atomic E-state index is 0.0332. The molecule has 0 amide bonds. The first kappa shape index (κ1) is 40.6. The molecule has 11 atom stereocenters. The second kappa shape index (κ2) is 18.5. The van der Waals surface area contributed by atoms with Crippen molar-refractivity contribution in [2.75, 3.05) is 46.0 Å². The van der Waals surface area contributed by atoms with Crippen molar-refractivity contribution in [3.63, 3.8) is 0 Å². The Kier molecular flexibility index (Phi) is 14.8. The second-order valence-corrected chi connectivity index (χ2v) is 13.4. The van der Waals surface area contributed by atoms with Crippen LogP contribution in [-0.4, -0.2) is 148 Å². The Bertz CT molecular complexity index is 1270. The number of aliphatic imine (C=N–C) groups is 1. The number of carboxylic acid groups (broad SMARTS) is 1. The number of hydrogen-bond acceptors (Lipinski definition) is 15. The number of aliphatic hydroxyl groups excluding tert-OH is 5. The van der Waals surface area contributed by atoms with Crippen LogP contribution >= 0.6 is 0 Å². The highest BCUT2D eigenvalue weighted by Crippen LogP contribution is 2.38. The predicted molar refractivity (Wildman–Crippen MR) is 173 cm³/mol. The number of nitrogens with two attached hydrogens (primary N) is 1. The van der Waals surface area contributed by atoms with Gasteiger partial charge in [0.25, 0.3) is 0 Å². The number of quaternary nitrogens is 1. The largest absolute Gasteiger partial charge is 0.550 e. The maximum absolute atomic E-state index is 13.6. The quantitative estimate of drug-likeness (QED) is 0.0188. The van der Waals surface area contributed by atoms with Gasteiger partial charge >= 0.3 is 5.97 Å². The number of carboxylic acids is 1. The number of rotatable bonds is 15. The molecule has 3 heterocycles. The predicted octanol–water partition coefficient (Wildman–Crippen LogP) is -5.65.